The van der Waals surface area contributed by atoms with Gasteiger partial charge in [-0.3, -0.25) is 9.59 Å². The van der Waals surface area contributed by atoms with Crippen molar-refractivity contribution in [2.24, 2.45) is 17.6 Å². The lowest BCUT2D eigenvalue weighted by atomic mass is 9.78. The molecule has 1 aliphatic heterocycles. The lowest BCUT2D eigenvalue weighted by Gasteiger charge is -2.33. The topological polar surface area (TPSA) is 140 Å². The van der Waals surface area contributed by atoms with E-state index in [1.807, 2.05) is 12.2 Å². The Labute approximate surface area is 237 Å². The summed E-state index contributed by atoms with van der Waals surface area (Å²) in [5, 5.41) is 23.1. The first-order valence-corrected chi connectivity index (χ1v) is 14.5. The molecular formula is C31H46N2O7. The molecule has 1 aromatic rings. The van der Waals surface area contributed by atoms with Gasteiger partial charge in [0.25, 0.3) is 0 Å². The number of phenols is 1. The van der Waals surface area contributed by atoms with Crippen molar-refractivity contribution in [2.45, 2.75) is 90.3 Å². The molecule has 1 aromatic carbocycles. The number of esters is 2. The average molecular weight is 559 g/mol. The van der Waals surface area contributed by atoms with Gasteiger partial charge in [0.05, 0.1) is 12.9 Å². The van der Waals surface area contributed by atoms with Crippen LogP contribution in [0.2, 0.25) is 0 Å². The number of dihydropyridines is 1. The van der Waals surface area contributed by atoms with Crippen molar-refractivity contribution in [1.29, 1.82) is 0 Å². The van der Waals surface area contributed by atoms with Crippen LogP contribution in [0.1, 0.15) is 82.8 Å². The zero-order chi connectivity index (χ0) is 29.1. The highest BCUT2D eigenvalue weighted by atomic mass is 16.6. The van der Waals surface area contributed by atoms with Crippen LogP contribution in [0.15, 0.2) is 30.1 Å². The van der Waals surface area contributed by atoms with Crippen LogP contribution < -0.4 is 15.8 Å². The molecule has 0 aromatic heterocycles. The predicted octanol–water partition coefficient (Wildman–Crippen LogP) is 4.34. The van der Waals surface area contributed by atoms with E-state index in [0.717, 1.165) is 61.6 Å². The van der Waals surface area contributed by atoms with Crippen molar-refractivity contribution >= 4 is 17.5 Å². The highest BCUT2D eigenvalue weighted by molar-refractivity contribution is 5.79. The van der Waals surface area contributed by atoms with Gasteiger partial charge in [0.1, 0.15) is 12.2 Å². The number of ether oxygens (including phenoxy) is 3. The molecule has 9 heteroatoms. The first-order chi connectivity index (χ1) is 19.2. The molecule has 1 aliphatic carbocycles. The molecule has 4 atom stereocenters. The Morgan fingerprint density at radius 3 is 2.55 bits per heavy atom. The fourth-order valence-electron chi connectivity index (χ4n) is 6.04. The number of nitrogens with one attached hydrogen (secondary N) is 1. The molecular weight excluding hydrogens is 512 g/mol. The van der Waals surface area contributed by atoms with E-state index in [0.29, 0.717) is 43.3 Å². The van der Waals surface area contributed by atoms with Crippen LogP contribution >= 0.6 is 0 Å². The van der Waals surface area contributed by atoms with Gasteiger partial charge in [0.15, 0.2) is 11.5 Å². The average Bonchev–Trinajstić information content (AvgIpc) is 2.88. The highest BCUT2D eigenvalue weighted by Gasteiger charge is 2.31. The van der Waals surface area contributed by atoms with Gasteiger partial charge >= 0.3 is 11.9 Å². The summed E-state index contributed by atoms with van der Waals surface area (Å²) in [6.07, 6.45) is 11.3. The summed E-state index contributed by atoms with van der Waals surface area (Å²) >= 11 is 0. The first kappa shape index (κ1) is 31.3. The SMILES string of the molecule is COc1cc(CC[C@H](C[C@@H](OC(C)=O)[C@H]2CCCCC[C@@H](CCO)C2)OC(C)=O)c(C2=CCNC(N)=C2)cc1O. The number of aliphatic hydroxyl groups is 1. The van der Waals surface area contributed by atoms with Gasteiger partial charge < -0.3 is 35.5 Å². The Hall–Kier alpha value is -3.20. The molecule has 40 heavy (non-hydrogen) atoms. The van der Waals surface area contributed by atoms with Crippen molar-refractivity contribution in [3.63, 3.8) is 0 Å². The lowest BCUT2D eigenvalue weighted by Crippen LogP contribution is -2.34. The van der Waals surface area contributed by atoms with Crippen LogP contribution in [0.3, 0.4) is 0 Å². The van der Waals surface area contributed by atoms with Gasteiger partial charge in [0.2, 0.25) is 0 Å². The predicted molar refractivity (Wildman–Crippen MR) is 153 cm³/mol. The highest BCUT2D eigenvalue weighted by Crippen LogP contribution is 2.36. The van der Waals surface area contributed by atoms with Gasteiger partial charge in [0, 0.05) is 33.4 Å². The summed E-state index contributed by atoms with van der Waals surface area (Å²) < 4.78 is 17.0. The van der Waals surface area contributed by atoms with Crippen molar-refractivity contribution in [3.05, 3.63) is 41.2 Å². The van der Waals surface area contributed by atoms with E-state index in [2.05, 4.69) is 5.32 Å². The van der Waals surface area contributed by atoms with Crippen LogP contribution in [-0.2, 0) is 25.5 Å². The third-order valence-electron chi connectivity index (χ3n) is 7.92. The number of hydrogen-bond acceptors (Lipinski definition) is 9. The summed E-state index contributed by atoms with van der Waals surface area (Å²) in [5.41, 5.74) is 8.64. The maximum Gasteiger partial charge on any atom is 0.302 e. The minimum absolute atomic E-state index is 0.0285. The number of phenolic OH excluding ortho intramolecular Hbond substituents is 1. The van der Waals surface area contributed by atoms with E-state index in [1.165, 1.54) is 21.0 Å². The molecule has 0 unspecified atom stereocenters. The maximum atomic E-state index is 12.2. The number of aryl methyl sites for hydroxylation is 1. The largest absolute Gasteiger partial charge is 0.504 e. The van der Waals surface area contributed by atoms with Crippen molar-refractivity contribution in [3.8, 4) is 11.5 Å². The number of rotatable bonds is 12. The van der Waals surface area contributed by atoms with Crippen molar-refractivity contribution in [1.82, 2.24) is 5.32 Å². The van der Waals surface area contributed by atoms with Gasteiger partial charge in [-0.2, -0.15) is 0 Å². The van der Waals surface area contributed by atoms with Gasteiger partial charge in [-0.15, -0.1) is 0 Å². The molecule has 1 fully saturated rings. The smallest absolute Gasteiger partial charge is 0.302 e. The van der Waals surface area contributed by atoms with Gasteiger partial charge in [-0.1, -0.05) is 31.8 Å². The van der Waals surface area contributed by atoms with E-state index < -0.39 is 6.10 Å². The lowest BCUT2D eigenvalue weighted by molar-refractivity contribution is -0.156. The standard InChI is InChI=1S/C31H46N2O7/c1-20(35)39-26(18-29(40-21(2)36)25-8-6-4-5-7-22(15-25)12-14-34)10-9-23-16-30(38-3)28(37)19-27(23)24-11-13-33-31(32)17-24/h11,16-17,19,22,25-26,29,33-34,37H,4-10,12-15,18,32H2,1-3H3/t22-,25-,26+,29+/m0/s1. The molecule has 0 saturated heterocycles. The number of nitrogens with two attached hydrogens (primary N) is 1. The number of hydrogen-bond donors (Lipinski definition) is 4. The minimum atomic E-state index is -0.473. The number of allylic oxidation sites excluding steroid dienone is 2. The quantitative estimate of drug-likeness (QED) is 0.276. The number of benzene rings is 1. The monoisotopic (exact) mass is 558 g/mol. The van der Waals surface area contributed by atoms with E-state index in [-0.39, 0.29) is 36.3 Å². The molecule has 1 heterocycles. The number of methoxy groups -OCH3 is 1. The Bertz CT molecular complexity index is 1070. The molecule has 0 amide bonds. The molecule has 0 bridgehead atoms. The molecule has 1 saturated carbocycles. The van der Waals surface area contributed by atoms with Crippen LogP contribution in [0.4, 0.5) is 0 Å². The van der Waals surface area contributed by atoms with E-state index in [9.17, 15) is 19.8 Å². The number of aliphatic hydroxyl groups excluding tert-OH is 1. The number of carbonyl (C=O) groups is 2. The van der Waals surface area contributed by atoms with E-state index in [1.54, 1.807) is 12.1 Å². The number of carbonyl (C=O) groups excluding carboxylic acids is 2. The van der Waals surface area contributed by atoms with E-state index in [4.69, 9.17) is 19.9 Å². The maximum absolute atomic E-state index is 12.2. The molecule has 5 N–H and O–H groups in total. The molecule has 9 nitrogen and oxygen atoms in total. The fourth-order valence-corrected chi connectivity index (χ4v) is 6.04. The summed E-state index contributed by atoms with van der Waals surface area (Å²) in [6.45, 7) is 3.53. The minimum Gasteiger partial charge on any atom is -0.504 e. The van der Waals surface area contributed by atoms with Crippen LogP contribution in [0, 0.1) is 11.8 Å². The van der Waals surface area contributed by atoms with Gasteiger partial charge in [-0.05, 0) is 78.8 Å². The first-order valence-electron chi connectivity index (χ1n) is 14.5. The summed E-state index contributed by atoms with van der Waals surface area (Å²) in [5.74, 6) is 0.710. The summed E-state index contributed by atoms with van der Waals surface area (Å²) in [4.78, 5) is 24.3. The second-order valence-corrected chi connectivity index (χ2v) is 11.0. The Balaban J connectivity index is 1.85. The second-order valence-electron chi connectivity index (χ2n) is 11.0. The normalized spacial score (nSPS) is 21.0. The Morgan fingerprint density at radius 2 is 1.88 bits per heavy atom. The van der Waals surface area contributed by atoms with Crippen LogP contribution in [0.5, 0.6) is 11.5 Å². The van der Waals surface area contributed by atoms with Crippen molar-refractivity contribution < 1.29 is 34.0 Å². The zero-order valence-electron chi connectivity index (χ0n) is 24.1. The summed E-state index contributed by atoms with van der Waals surface area (Å²) in [7, 11) is 1.50. The van der Waals surface area contributed by atoms with E-state index >= 15 is 0 Å². The molecule has 2 aliphatic rings. The van der Waals surface area contributed by atoms with Crippen LogP contribution in [-0.4, -0.2) is 54.6 Å². The zero-order valence-corrected chi connectivity index (χ0v) is 24.1. The molecule has 3 rings (SSSR count). The summed E-state index contributed by atoms with van der Waals surface area (Å²) in [6, 6.07) is 3.48. The fraction of sp³-hybridized carbons (Fsp3) is 0.613. The Kier molecular flexibility index (Phi) is 12.2. The van der Waals surface area contributed by atoms with Crippen molar-refractivity contribution in [2.75, 3.05) is 20.3 Å². The van der Waals surface area contributed by atoms with Gasteiger partial charge in [-0.25, -0.2) is 0 Å². The third-order valence-corrected chi connectivity index (χ3v) is 7.92. The molecule has 0 spiro atoms. The second kappa shape index (κ2) is 15.6. The third kappa shape index (κ3) is 9.47. The number of aromatic hydroxyl groups is 1. The molecule has 222 valence electrons. The Morgan fingerprint density at radius 1 is 1.12 bits per heavy atom. The molecule has 0 radical (unpaired) electrons. The van der Waals surface area contributed by atoms with Crippen LogP contribution in [0.25, 0.3) is 5.57 Å².